The maximum Gasteiger partial charge on any atom is 0.215 e. The van der Waals surface area contributed by atoms with Crippen LogP contribution in [0.3, 0.4) is 0 Å². The van der Waals surface area contributed by atoms with Crippen LogP contribution in [0.4, 0.5) is 0 Å². The van der Waals surface area contributed by atoms with Crippen LogP contribution >= 0.6 is 24.4 Å². The molecule has 0 aliphatic carbocycles. The second-order valence-corrected chi connectivity index (χ2v) is 4.18. The number of hydrogen-bond acceptors (Lipinski definition) is 4. The lowest BCUT2D eigenvalue weighted by Gasteiger charge is -2.27. The molecule has 1 aliphatic rings. The van der Waals surface area contributed by atoms with Gasteiger partial charge in [-0.2, -0.15) is 0 Å². The van der Waals surface area contributed by atoms with Gasteiger partial charge in [-0.1, -0.05) is 11.8 Å². The van der Waals surface area contributed by atoms with Gasteiger partial charge in [-0.15, -0.1) is 12.6 Å². The van der Waals surface area contributed by atoms with Gasteiger partial charge in [0.2, 0.25) is 4.39 Å². The molecule has 0 spiro atoms. The maximum absolute atomic E-state index is 5.16. The lowest BCUT2D eigenvalue weighted by Crippen LogP contribution is -2.35. The predicted octanol–water partition coefficient (Wildman–Crippen LogP) is 0.853. The van der Waals surface area contributed by atoms with Gasteiger partial charge in [-0.3, -0.25) is 4.90 Å². The second kappa shape index (κ2) is 2.70. The van der Waals surface area contributed by atoms with Crippen LogP contribution in [0.25, 0.3) is 0 Å². The van der Waals surface area contributed by atoms with E-state index < -0.39 is 0 Å². The van der Waals surface area contributed by atoms with Gasteiger partial charge in [0, 0.05) is 19.4 Å². The van der Waals surface area contributed by atoms with E-state index in [9.17, 15) is 0 Å². The van der Waals surface area contributed by atoms with E-state index in [4.69, 9.17) is 4.74 Å². The van der Waals surface area contributed by atoms with Crippen molar-refractivity contribution in [1.82, 2.24) is 4.90 Å². The highest BCUT2D eigenvalue weighted by Crippen LogP contribution is 2.37. The zero-order chi connectivity index (χ0) is 6.91. The van der Waals surface area contributed by atoms with Crippen molar-refractivity contribution >= 4 is 24.4 Å². The number of thiol groups is 1. The Balaban J connectivity index is 2.56. The van der Waals surface area contributed by atoms with Gasteiger partial charge in [-0.05, 0) is 7.05 Å². The molecule has 2 nitrogen and oxygen atoms in total. The van der Waals surface area contributed by atoms with E-state index in [1.807, 2.05) is 7.05 Å². The highest BCUT2D eigenvalue weighted by atomic mass is 32.2. The summed E-state index contributed by atoms with van der Waals surface area (Å²) in [6, 6.07) is 0. The highest BCUT2D eigenvalue weighted by Gasteiger charge is 2.35. The highest BCUT2D eigenvalue weighted by molar-refractivity contribution is 8.11. The number of ether oxygens (including phenoxy) is 1. The first-order valence-corrected chi connectivity index (χ1v) is 4.25. The van der Waals surface area contributed by atoms with E-state index >= 15 is 0 Å². The van der Waals surface area contributed by atoms with Gasteiger partial charge in [0.25, 0.3) is 0 Å². The third kappa shape index (κ3) is 1.37. The molecule has 0 amide bonds. The normalized spacial score (nSPS) is 37.7. The molecule has 0 radical (unpaired) electrons. The topological polar surface area (TPSA) is 12.5 Å². The fraction of sp³-hybridized carbons (Fsp3) is 1.00. The zero-order valence-electron chi connectivity index (χ0n) is 5.63. The zero-order valence-corrected chi connectivity index (χ0v) is 7.34. The van der Waals surface area contributed by atoms with E-state index in [0.717, 1.165) is 12.3 Å². The van der Waals surface area contributed by atoms with E-state index in [1.54, 1.807) is 18.9 Å². The third-order valence-electron chi connectivity index (χ3n) is 1.47. The Hall–Kier alpha value is 0.620. The van der Waals surface area contributed by atoms with Crippen molar-refractivity contribution in [2.24, 2.45) is 0 Å². The van der Waals surface area contributed by atoms with Gasteiger partial charge < -0.3 is 4.74 Å². The molecule has 4 heteroatoms. The third-order valence-corrected chi connectivity index (χ3v) is 3.62. The lowest BCUT2D eigenvalue weighted by atomic mass is 10.7. The molecule has 0 aromatic rings. The number of thioether (sulfide) groups is 1. The SMILES string of the molecule is COC1(S)SCCN1C. The monoisotopic (exact) mass is 165 g/mol. The van der Waals surface area contributed by atoms with Gasteiger partial charge in [0.15, 0.2) is 0 Å². The predicted molar refractivity (Wildman–Crippen MR) is 43.8 cm³/mol. The molecule has 0 aromatic heterocycles. The number of nitrogens with zero attached hydrogens (tertiary/aromatic N) is 1. The molecule has 1 saturated heterocycles. The summed E-state index contributed by atoms with van der Waals surface area (Å²) in [4.78, 5) is 2.08. The fourth-order valence-corrected chi connectivity index (χ4v) is 2.22. The molecule has 1 fully saturated rings. The van der Waals surface area contributed by atoms with E-state index in [-0.39, 0.29) is 4.39 Å². The largest absolute Gasteiger partial charge is 0.346 e. The van der Waals surface area contributed by atoms with Crippen molar-refractivity contribution < 1.29 is 4.74 Å². The summed E-state index contributed by atoms with van der Waals surface area (Å²) in [7, 11) is 3.69. The molecule has 1 rings (SSSR count). The molecule has 1 atom stereocenters. The molecular weight excluding hydrogens is 154 g/mol. The Morgan fingerprint density at radius 3 is 2.67 bits per heavy atom. The number of rotatable bonds is 1. The quantitative estimate of drug-likeness (QED) is 0.457. The van der Waals surface area contributed by atoms with Crippen LogP contribution in [0.5, 0.6) is 0 Å². The summed E-state index contributed by atoms with van der Waals surface area (Å²) >= 11 is 6.06. The Bertz CT molecular complexity index is 111. The summed E-state index contributed by atoms with van der Waals surface area (Å²) < 4.78 is 4.80. The van der Waals surface area contributed by atoms with Crippen molar-refractivity contribution in [1.29, 1.82) is 0 Å². The van der Waals surface area contributed by atoms with Crippen molar-refractivity contribution in [2.75, 3.05) is 26.5 Å². The molecule has 9 heavy (non-hydrogen) atoms. The molecule has 1 aliphatic heterocycles. The lowest BCUT2D eigenvalue weighted by molar-refractivity contribution is 0.0374. The Kier molecular flexibility index (Phi) is 2.32. The Morgan fingerprint density at radius 1 is 1.78 bits per heavy atom. The molecule has 0 N–H and O–H groups in total. The van der Waals surface area contributed by atoms with Gasteiger partial charge in [0.05, 0.1) is 0 Å². The summed E-state index contributed by atoms with van der Waals surface area (Å²) in [5.41, 5.74) is 0. The minimum atomic E-state index is -0.361. The Labute approximate surface area is 65.3 Å². The minimum Gasteiger partial charge on any atom is -0.346 e. The van der Waals surface area contributed by atoms with Crippen molar-refractivity contribution in [3.8, 4) is 0 Å². The average molecular weight is 165 g/mol. The number of methoxy groups -OCH3 is 1. The number of hydrogen-bond donors (Lipinski definition) is 1. The van der Waals surface area contributed by atoms with E-state index in [0.29, 0.717) is 0 Å². The van der Waals surface area contributed by atoms with Gasteiger partial charge >= 0.3 is 0 Å². The second-order valence-electron chi connectivity index (χ2n) is 2.02. The molecular formula is C5H11NOS2. The first-order chi connectivity index (χ1) is 4.19. The van der Waals surface area contributed by atoms with Crippen LogP contribution in [0.1, 0.15) is 0 Å². The van der Waals surface area contributed by atoms with Crippen LogP contribution in [0, 0.1) is 0 Å². The molecule has 0 aromatic carbocycles. The fourth-order valence-electron chi connectivity index (χ4n) is 0.782. The maximum atomic E-state index is 5.16. The summed E-state index contributed by atoms with van der Waals surface area (Å²) in [5, 5.41) is 0. The molecule has 1 unspecified atom stereocenters. The molecule has 1 heterocycles. The first-order valence-electron chi connectivity index (χ1n) is 2.82. The summed E-state index contributed by atoms with van der Waals surface area (Å²) in [6.45, 7) is 1.06. The molecule has 54 valence electrons. The first kappa shape index (κ1) is 7.72. The Morgan fingerprint density at radius 2 is 2.44 bits per heavy atom. The molecule has 0 saturated carbocycles. The van der Waals surface area contributed by atoms with E-state index in [2.05, 4.69) is 17.5 Å². The smallest absolute Gasteiger partial charge is 0.215 e. The van der Waals surface area contributed by atoms with Crippen molar-refractivity contribution in [3.05, 3.63) is 0 Å². The standard InChI is InChI=1S/C5H11NOS2/c1-6-3-4-9-5(6,8)7-2/h8H,3-4H2,1-2H3. The molecule has 0 bridgehead atoms. The van der Waals surface area contributed by atoms with Gasteiger partial charge in [-0.25, -0.2) is 0 Å². The van der Waals surface area contributed by atoms with Crippen LogP contribution in [-0.2, 0) is 4.74 Å². The summed E-state index contributed by atoms with van der Waals surface area (Å²) in [6.07, 6.45) is 0. The van der Waals surface area contributed by atoms with Crippen molar-refractivity contribution in [3.63, 3.8) is 0 Å². The average Bonchev–Trinajstić information content (AvgIpc) is 2.15. The van der Waals surface area contributed by atoms with Crippen LogP contribution in [0.2, 0.25) is 0 Å². The summed E-state index contributed by atoms with van der Waals surface area (Å²) in [5.74, 6) is 1.10. The van der Waals surface area contributed by atoms with Crippen LogP contribution in [0.15, 0.2) is 0 Å². The van der Waals surface area contributed by atoms with Crippen LogP contribution < -0.4 is 0 Å². The van der Waals surface area contributed by atoms with Crippen molar-refractivity contribution in [2.45, 2.75) is 4.39 Å². The van der Waals surface area contributed by atoms with E-state index in [1.165, 1.54) is 0 Å². The minimum absolute atomic E-state index is 0.361. The van der Waals surface area contributed by atoms with Crippen LogP contribution in [-0.4, -0.2) is 35.7 Å². The van der Waals surface area contributed by atoms with Gasteiger partial charge in [0.1, 0.15) is 0 Å².